The zero-order valence-electron chi connectivity index (χ0n) is 21.1. The third-order valence-electron chi connectivity index (χ3n) is 6.18. The highest BCUT2D eigenvalue weighted by Gasteiger charge is 2.17. The molecule has 1 amide bonds. The van der Waals surface area contributed by atoms with Gasteiger partial charge in [-0.2, -0.15) is 0 Å². The number of fused-ring (bicyclic) bond motifs is 1. The van der Waals surface area contributed by atoms with Gasteiger partial charge in [0.2, 0.25) is 0 Å². The number of aromatic nitrogens is 2. The Hall–Kier alpha value is -4.33. The van der Waals surface area contributed by atoms with Crippen LogP contribution in [0.2, 0.25) is 0 Å². The van der Waals surface area contributed by atoms with E-state index >= 15 is 0 Å². The molecule has 8 heteroatoms. The van der Waals surface area contributed by atoms with Gasteiger partial charge in [-0.25, -0.2) is 4.98 Å². The van der Waals surface area contributed by atoms with Crippen LogP contribution in [0.25, 0.3) is 22.4 Å². The standard InChI is InChI=1S/C29H31N3O5/c1-36-23-16-22(17-24(19-23)37-2)28-31-25-18-21(29(35)30-14-13-27(33)34)11-12-26(25)32(28)15-7-6-10-20-8-4-3-5-9-20/h3-5,8-9,11-12,16-19H,6-7,10,13-15H2,1-2H3,(H,30,35)(H,33,34). The lowest BCUT2D eigenvalue weighted by molar-refractivity contribution is -0.136. The first-order chi connectivity index (χ1) is 18.0. The van der Waals surface area contributed by atoms with Crippen LogP contribution in [-0.2, 0) is 17.8 Å². The molecule has 37 heavy (non-hydrogen) atoms. The van der Waals surface area contributed by atoms with E-state index in [1.54, 1.807) is 26.4 Å². The lowest BCUT2D eigenvalue weighted by Gasteiger charge is -2.12. The normalized spacial score (nSPS) is 10.9. The van der Waals surface area contributed by atoms with Crippen molar-refractivity contribution < 1.29 is 24.2 Å². The highest BCUT2D eigenvalue weighted by atomic mass is 16.5. The number of hydrogen-bond donors (Lipinski definition) is 2. The summed E-state index contributed by atoms with van der Waals surface area (Å²) in [5.41, 5.74) is 4.20. The molecule has 0 spiro atoms. The van der Waals surface area contributed by atoms with Gasteiger partial charge in [-0.05, 0) is 55.2 Å². The second-order valence-corrected chi connectivity index (χ2v) is 8.73. The van der Waals surface area contributed by atoms with Crippen LogP contribution in [0.15, 0.2) is 66.7 Å². The van der Waals surface area contributed by atoms with E-state index in [1.165, 1.54) is 5.56 Å². The molecule has 1 aromatic heterocycles. The maximum atomic E-state index is 12.6. The average molecular weight is 502 g/mol. The van der Waals surface area contributed by atoms with Crippen molar-refractivity contribution in [3.05, 3.63) is 77.9 Å². The van der Waals surface area contributed by atoms with Gasteiger partial charge in [-0.1, -0.05) is 30.3 Å². The summed E-state index contributed by atoms with van der Waals surface area (Å²) in [6, 6.07) is 21.5. The smallest absolute Gasteiger partial charge is 0.305 e. The summed E-state index contributed by atoms with van der Waals surface area (Å²) >= 11 is 0. The molecule has 0 radical (unpaired) electrons. The lowest BCUT2D eigenvalue weighted by Crippen LogP contribution is -2.25. The molecule has 0 unspecified atom stereocenters. The van der Waals surface area contributed by atoms with Crippen molar-refractivity contribution in [3.63, 3.8) is 0 Å². The minimum atomic E-state index is -0.958. The Morgan fingerprint density at radius 2 is 1.68 bits per heavy atom. The number of nitrogens with one attached hydrogen (secondary N) is 1. The number of amides is 1. The number of ether oxygens (including phenoxy) is 2. The Bertz CT molecular complexity index is 1360. The quantitative estimate of drug-likeness (QED) is 0.266. The van der Waals surface area contributed by atoms with Crippen LogP contribution >= 0.6 is 0 Å². The summed E-state index contributed by atoms with van der Waals surface area (Å²) in [7, 11) is 3.22. The fourth-order valence-electron chi connectivity index (χ4n) is 4.28. The van der Waals surface area contributed by atoms with Gasteiger partial charge < -0.3 is 24.5 Å². The van der Waals surface area contributed by atoms with Crippen molar-refractivity contribution in [3.8, 4) is 22.9 Å². The molecule has 0 atom stereocenters. The van der Waals surface area contributed by atoms with E-state index in [0.29, 0.717) is 22.6 Å². The number of methoxy groups -OCH3 is 2. The molecule has 1 heterocycles. The van der Waals surface area contributed by atoms with E-state index in [9.17, 15) is 9.59 Å². The number of aliphatic carboxylic acids is 1. The van der Waals surface area contributed by atoms with E-state index in [4.69, 9.17) is 19.6 Å². The van der Waals surface area contributed by atoms with Crippen LogP contribution in [0.4, 0.5) is 0 Å². The Balaban J connectivity index is 1.64. The molecular formula is C29H31N3O5. The first-order valence-electron chi connectivity index (χ1n) is 12.3. The number of carbonyl (C=O) groups excluding carboxylic acids is 1. The zero-order valence-corrected chi connectivity index (χ0v) is 21.1. The number of unbranched alkanes of at least 4 members (excludes halogenated alkanes) is 1. The van der Waals surface area contributed by atoms with Crippen molar-refractivity contribution >= 4 is 22.9 Å². The van der Waals surface area contributed by atoms with Crippen molar-refractivity contribution in [2.75, 3.05) is 20.8 Å². The number of benzene rings is 3. The first-order valence-corrected chi connectivity index (χ1v) is 12.3. The fraction of sp³-hybridized carbons (Fsp3) is 0.276. The van der Waals surface area contributed by atoms with Crippen LogP contribution in [0.5, 0.6) is 11.5 Å². The van der Waals surface area contributed by atoms with E-state index in [0.717, 1.165) is 42.7 Å². The number of carboxylic acid groups (broad SMARTS) is 1. The number of carbonyl (C=O) groups is 2. The average Bonchev–Trinajstić information content (AvgIpc) is 3.28. The molecule has 0 aliphatic rings. The summed E-state index contributed by atoms with van der Waals surface area (Å²) in [6.07, 6.45) is 2.84. The summed E-state index contributed by atoms with van der Waals surface area (Å²) in [6.45, 7) is 0.819. The van der Waals surface area contributed by atoms with Crippen molar-refractivity contribution in [2.45, 2.75) is 32.2 Å². The van der Waals surface area contributed by atoms with Crippen molar-refractivity contribution in [1.29, 1.82) is 0 Å². The van der Waals surface area contributed by atoms with Crippen molar-refractivity contribution in [1.82, 2.24) is 14.9 Å². The Kier molecular flexibility index (Phi) is 8.40. The highest BCUT2D eigenvalue weighted by Crippen LogP contribution is 2.32. The number of carboxylic acids is 1. The van der Waals surface area contributed by atoms with Gasteiger partial charge in [0.1, 0.15) is 17.3 Å². The van der Waals surface area contributed by atoms with Gasteiger partial charge in [0, 0.05) is 30.3 Å². The third kappa shape index (κ3) is 6.46. The molecule has 3 aromatic carbocycles. The summed E-state index contributed by atoms with van der Waals surface area (Å²) in [5.74, 6) is 0.798. The number of hydrogen-bond acceptors (Lipinski definition) is 5. The van der Waals surface area contributed by atoms with Gasteiger partial charge >= 0.3 is 5.97 Å². The van der Waals surface area contributed by atoms with Crippen molar-refractivity contribution in [2.24, 2.45) is 0 Å². The van der Waals surface area contributed by atoms with Gasteiger partial charge in [0.25, 0.3) is 5.91 Å². The predicted octanol–water partition coefficient (Wildman–Crippen LogP) is 4.95. The lowest BCUT2D eigenvalue weighted by atomic mass is 10.1. The van der Waals surface area contributed by atoms with E-state index < -0.39 is 5.97 Å². The predicted molar refractivity (Wildman–Crippen MR) is 142 cm³/mol. The van der Waals surface area contributed by atoms with Crippen LogP contribution in [0.1, 0.15) is 35.2 Å². The minimum Gasteiger partial charge on any atom is -0.497 e. The molecule has 0 saturated heterocycles. The Labute approximate surface area is 215 Å². The Morgan fingerprint density at radius 3 is 2.35 bits per heavy atom. The molecule has 192 valence electrons. The molecule has 0 aliphatic carbocycles. The van der Waals surface area contributed by atoms with Gasteiger partial charge in [-0.3, -0.25) is 9.59 Å². The molecule has 4 aromatic rings. The number of rotatable bonds is 12. The summed E-state index contributed by atoms with van der Waals surface area (Å²) < 4.78 is 13.1. The van der Waals surface area contributed by atoms with Crippen LogP contribution < -0.4 is 14.8 Å². The molecule has 4 rings (SSSR count). The van der Waals surface area contributed by atoms with Gasteiger partial charge in [0.05, 0.1) is 31.7 Å². The van der Waals surface area contributed by atoms with E-state index in [-0.39, 0.29) is 18.9 Å². The monoisotopic (exact) mass is 501 g/mol. The zero-order chi connectivity index (χ0) is 26.2. The molecule has 0 aliphatic heterocycles. The van der Waals surface area contributed by atoms with Crippen LogP contribution in [0.3, 0.4) is 0 Å². The molecular weight excluding hydrogens is 470 g/mol. The number of nitrogens with zero attached hydrogens (tertiary/aromatic N) is 2. The van der Waals surface area contributed by atoms with Crippen LogP contribution in [0, 0.1) is 0 Å². The third-order valence-corrected chi connectivity index (χ3v) is 6.18. The van der Waals surface area contributed by atoms with Gasteiger partial charge in [-0.15, -0.1) is 0 Å². The number of aryl methyl sites for hydroxylation is 2. The summed E-state index contributed by atoms with van der Waals surface area (Å²) in [5, 5.41) is 11.5. The Morgan fingerprint density at radius 1 is 0.946 bits per heavy atom. The highest BCUT2D eigenvalue weighted by molar-refractivity contribution is 5.98. The van der Waals surface area contributed by atoms with E-state index in [1.807, 2.05) is 30.3 Å². The first kappa shape index (κ1) is 25.8. The van der Waals surface area contributed by atoms with Gasteiger partial charge in [0.15, 0.2) is 0 Å². The largest absolute Gasteiger partial charge is 0.497 e. The fourth-order valence-corrected chi connectivity index (χ4v) is 4.28. The maximum absolute atomic E-state index is 12.6. The van der Waals surface area contributed by atoms with Crippen LogP contribution in [-0.4, -0.2) is 47.3 Å². The minimum absolute atomic E-state index is 0.0664. The summed E-state index contributed by atoms with van der Waals surface area (Å²) in [4.78, 5) is 28.2. The number of imidazole rings is 1. The second-order valence-electron chi connectivity index (χ2n) is 8.73. The molecule has 0 saturated carbocycles. The second kappa shape index (κ2) is 12.1. The van der Waals surface area contributed by atoms with E-state index in [2.05, 4.69) is 34.1 Å². The maximum Gasteiger partial charge on any atom is 0.305 e. The SMILES string of the molecule is COc1cc(OC)cc(-c2nc3cc(C(=O)NCCC(=O)O)ccc3n2CCCCc2ccccc2)c1. The molecule has 2 N–H and O–H groups in total. The molecule has 0 bridgehead atoms. The molecule has 0 fully saturated rings. The molecule has 8 nitrogen and oxygen atoms in total. The topological polar surface area (TPSA) is 103 Å².